The topological polar surface area (TPSA) is 180 Å². The first-order chi connectivity index (χ1) is 21.7. The molecule has 11 heteroatoms. The summed E-state index contributed by atoms with van der Waals surface area (Å²) >= 11 is 0. The first-order valence-corrected chi connectivity index (χ1v) is 15.0. The van der Waals surface area contributed by atoms with Gasteiger partial charge in [0, 0.05) is 25.2 Å². The molecule has 238 valence electrons. The lowest BCUT2D eigenvalue weighted by molar-refractivity contribution is -0.143. The van der Waals surface area contributed by atoms with Gasteiger partial charge in [-0.25, -0.2) is 0 Å². The van der Waals surface area contributed by atoms with Crippen molar-refractivity contribution in [2.45, 2.75) is 51.1 Å². The van der Waals surface area contributed by atoms with Crippen LogP contribution in [0.15, 0.2) is 89.9 Å². The third-order valence-electron chi connectivity index (χ3n) is 7.20. The third-order valence-corrected chi connectivity index (χ3v) is 7.20. The first-order valence-electron chi connectivity index (χ1n) is 15.0. The summed E-state index contributed by atoms with van der Waals surface area (Å²) in [5.74, 6) is -3.19. The van der Waals surface area contributed by atoms with Gasteiger partial charge in [-0.15, -0.1) is 0 Å². The third kappa shape index (κ3) is 10.8. The van der Waals surface area contributed by atoms with E-state index in [2.05, 4.69) is 15.6 Å². The second kappa shape index (κ2) is 17.8. The number of nitrogens with one attached hydrogen (secondary N) is 2. The van der Waals surface area contributed by atoms with Crippen molar-refractivity contribution in [3.05, 3.63) is 107 Å². The Kier molecular flexibility index (Phi) is 13.6. The molecule has 3 amide bonds. The number of hydrogen-bond donors (Lipinski definition) is 5. The van der Waals surface area contributed by atoms with Crippen molar-refractivity contribution >= 4 is 29.7 Å². The number of aliphatic imine (C=N–C) groups is 1. The smallest absolute Gasteiger partial charge is 0.322 e. The summed E-state index contributed by atoms with van der Waals surface area (Å²) in [5.41, 5.74) is 13.6. The highest BCUT2D eigenvalue weighted by Crippen LogP contribution is 2.29. The molecule has 11 nitrogen and oxygen atoms in total. The minimum atomic E-state index is -1.21. The number of carboxylic acids is 1. The number of rotatable bonds is 17. The van der Waals surface area contributed by atoms with Gasteiger partial charge in [0.2, 0.25) is 11.8 Å². The molecule has 0 aliphatic rings. The summed E-state index contributed by atoms with van der Waals surface area (Å²) in [6.07, 6.45) is 2.36. The van der Waals surface area contributed by atoms with Gasteiger partial charge in [-0.3, -0.25) is 24.2 Å². The van der Waals surface area contributed by atoms with Crippen molar-refractivity contribution < 1.29 is 24.3 Å². The molecule has 0 heterocycles. The van der Waals surface area contributed by atoms with Gasteiger partial charge in [-0.1, -0.05) is 86.1 Å². The van der Waals surface area contributed by atoms with E-state index in [1.807, 2.05) is 67.6 Å². The number of carbonyl (C=O) groups excluding carboxylic acids is 3. The Balaban J connectivity index is 2.04. The van der Waals surface area contributed by atoms with E-state index >= 15 is 0 Å². The molecule has 3 aromatic carbocycles. The molecule has 7 N–H and O–H groups in total. The summed E-state index contributed by atoms with van der Waals surface area (Å²) in [6.45, 7) is 2.26. The van der Waals surface area contributed by atoms with E-state index < -0.39 is 30.4 Å². The van der Waals surface area contributed by atoms with E-state index in [1.165, 1.54) is 4.90 Å². The lowest BCUT2D eigenvalue weighted by Gasteiger charge is -2.34. The van der Waals surface area contributed by atoms with Gasteiger partial charge in [-0.2, -0.15) is 0 Å². The normalized spacial score (nSPS) is 11.3. The predicted octanol–water partition coefficient (Wildman–Crippen LogP) is 3.00. The summed E-state index contributed by atoms with van der Waals surface area (Å²) in [4.78, 5) is 57.7. The lowest BCUT2D eigenvalue weighted by Crippen LogP contribution is -2.51. The molecular weight excluding hydrogens is 572 g/mol. The van der Waals surface area contributed by atoms with Crippen LogP contribution in [-0.4, -0.2) is 65.3 Å². The Morgan fingerprint density at radius 3 is 1.98 bits per heavy atom. The Bertz CT molecular complexity index is 1390. The number of amides is 3. The number of hydrogen-bond acceptors (Lipinski definition) is 5. The van der Waals surface area contributed by atoms with Crippen molar-refractivity contribution in [3.63, 3.8) is 0 Å². The first kappa shape index (κ1) is 34.3. The van der Waals surface area contributed by atoms with E-state index in [1.54, 1.807) is 24.3 Å². The van der Waals surface area contributed by atoms with Crippen molar-refractivity contribution in [1.29, 1.82) is 0 Å². The summed E-state index contributed by atoms with van der Waals surface area (Å²) in [5, 5.41) is 14.6. The molecule has 0 aliphatic heterocycles. The average molecular weight is 615 g/mol. The maximum absolute atomic E-state index is 14.7. The Labute approximate surface area is 263 Å². The van der Waals surface area contributed by atoms with Gasteiger partial charge in [-0.05, 0) is 48.1 Å². The lowest BCUT2D eigenvalue weighted by atomic mass is 9.89. The second-order valence-corrected chi connectivity index (χ2v) is 10.6. The molecule has 0 unspecified atom stereocenters. The molecule has 0 radical (unpaired) electrons. The number of carbonyl (C=O) groups is 4. The Morgan fingerprint density at radius 2 is 1.44 bits per heavy atom. The van der Waals surface area contributed by atoms with Crippen LogP contribution in [0.2, 0.25) is 0 Å². The number of carboxylic acid groups (broad SMARTS) is 1. The van der Waals surface area contributed by atoms with Crippen LogP contribution in [0, 0.1) is 0 Å². The maximum Gasteiger partial charge on any atom is 0.322 e. The highest BCUT2D eigenvalue weighted by atomic mass is 16.4. The van der Waals surface area contributed by atoms with Gasteiger partial charge in [0.05, 0.1) is 5.92 Å². The SMILES string of the molecule is CCCCNC(=O)c1ccc(CN(C(=O)C(c2ccccc2)c2ccccc2)[C@H](CCCN=C(N)N)C(=O)NCC(=O)O)cc1. The largest absolute Gasteiger partial charge is 0.480 e. The van der Waals surface area contributed by atoms with Crippen LogP contribution in [0.1, 0.15) is 65.6 Å². The van der Waals surface area contributed by atoms with Crippen LogP contribution in [-0.2, 0) is 20.9 Å². The molecule has 0 saturated heterocycles. The second-order valence-electron chi connectivity index (χ2n) is 10.6. The van der Waals surface area contributed by atoms with Gasteiger partial charge in [0.15, 0.2) is 5.96 Å². The van der Waals surface area contributed by atoms with Crippen molar-refractivity contribution in [2.75, 3.05) is 19.6 Å². The fourth-order valence-corrected chi connectivity index (χ4v) is 4.92. The number of aliphatic carboxylic acids is 1. The Hall–Kier alpha value is -5.19. The number of guanidine groups is 1. The molecule has 1 atom stereocenters. The molecular formula is C34H42N6O5. The maximum atomic E-state index is 14.7. The number of unbranched alkanes of at least 4 members (excludes halogenated alkanes) is 1. The highest BCUT2D eigenvalue weighted by molar-refractivity contribution is 5.95. The molecule has 3 rings (SSSR count). The van der Waals surface area contributed by atoms with Crippen LogP contribution >= 0.6 is 0 Å². The zero-order chi connectivity index (χ0) is 32.6. The van der Waals surface area contributed by atoms with E-state index in [-0.39, 0.29) is 37.3 Å². The molecule has 0 aromatic heterocycles. The van der Waals surface area contributed by atoms with E-state index in [4.69, 9.17) is 11.5 Å². The Morgan fingerprint density at radius 1 is 0.844 bits per heavy atom. The van der Waals surface area contributed by atoms with Gasteiger partial charge < -0.3 is 32.1 Å². The quantitative estimate of drug-likeness (QED) is 0.0880. The fraction of sp³-hybridized carbons (Fsp3) is 0.324. The van der Waals surface area contributed by atoms with Crippen LogP contribution < -0.4 is 22.1 Å². The number of nitrogens with zero attached hydrogens (tertiary/aromatic N) is 2. The van der Waals surface area contributed by atoms with Gasteiger partial charge in [0.25, 0.3) is 5.91 Å². The van der Waals surface area contributed by atoms with Crippen molar-refractivity contribution in [2.24, 2.45) is 16.5 Å². The molecule has 0 spiro atoms. The zero-order valence-corrected chi connectivity index (χ0v) is 25.5. The predicted molar refractivity (Wildman–Crippen MR) is 173 cm³/mol. The van der Waals surface area contributed by atoms with Crippen LogP contribution in [0.3, 0.4) is 0 Å². The molecule has 0 fully saturated rings. The van der Waals surface area contributed by atoms with Crippen LogP contribution in [0.25, 0.3) is 0 Å². The molecule has 0 saturated carbocycles. The van der Waals surface area contributed by atoms with E-state index in [0.717, 1.165) is 24.0 Å². The number of nitrogens with two attached hydrogens (primary N) is 2. The summed E-state index contributed by atoms with van der Waals surface area (Å²) in [6, 6.07) is 24.4. The average Bonchev–Trinajstić information content (AvgIpc) is 3.04. The van der Waals surface area contributed by atoms with Crippen molar-refractivity contribution in [3.8, 4) is 0 Å². The molecule has 45 heavy (non-hydrogen) atoms. The minimum absolute atomic E-state index is 0.0280. The fourth-order valence-electron chi connectivity index (χ4n) is 4.92. The van der Waals surface area contributed by atoms with Crippen LogP contribution in [0.5, 0.6) is 0 Å². The zero-order valence-electron chi connectivity index (χ0n) is 25.5. The summed E-state index contributed by atoms with van der Waals surface area (Å²) in [7, 11) is 0. The van der Waals surface area contributed by atoms with E-state index in [0.29, 0.717) is 24.1 Å². The van der Waals surface area contributed by atoms with Crippen molar-refractivity contribution in [1.82, 2.24) is 15.5 Å². The minimum Gasteiger partial charge on any atom is -0.480 e. The van der Waals surface area contributed by atoms with Gasteiger partial charge in [0.1, 0.15) is 12.6 Å². The highest BCUT2D eigenvalue weighted by Gasteiger charge is 2.35. The molecule has 3 aromatic rings. The standard InChI is InChI=1S/C34H42N6O5/c1-2-3-20-37-31(43)27-18-16-24(17-19-27)23-40(28(15-10-21-38-34(35)36)32(44)39-22-29(41)42)33(45)30(25-11-6-4-7-12-25)26-13-8-5-9-14-26/h4-9,11-14,16-19,28,30H,2-3,10,15,20-23H2,1H3,(H,37,43)(H,39,44)(H,41,42)(H4,35,36,38)/t28-/m1/s1. The molecule has 0 aliphatic carbocycles. The monoisotopic (exact) mass is 614 g/mol. The van der Waals surface area contributed by atoms with E-state index in [9.17, 15) is 24.3 Å². The number of benzene rings is 3. The molecule has 0 bridgehead atoms. The van der Waals surface area contributed by atoms with Gasteiger partial charge >= 0.3 is 5.97 Å². The van der Waals surface area contributed by atoms with Crippen LogP contribution in [0.4, 0.5) is 0 Å². The summed E-state index contributed by atoms with van der Waals surface area (Å²) < 4.78 is 0.